The number of thiophene rings is 1. The first-order valence-electron chi connectivity index (χ1n) is 6.18. The Labute approximate surface area is 125 Å². The third-order valence-electron chi connectivity index (χ3n) is 2.59. The molecule has 1 heterocycles. The molecular formula is C13H14F2N2O2S2. The van der Waals surface area contributed by atoms with Crippen molar-refractivity contribution in [1.82, 2.24) is 5.32 Å². The van der Waals surface area contributed by atoms with Gasteiger partial charge in [0.2, 0.25) is 0 Å². The molecule has 2 aromatic rings. The Balaban J connectivity index is 2.19. The van der Waals surface area contributed by atoms with Crippen LogP contribution in [0.4, 0.5) is 14.5 Å². The maximum Gasteiger partial charge on any atom is 0.271 e. The SMILES string of the molecule is CCNCc1csc(S(=O)(=O)Nc2cc(F)cc(F)c2)c1. The highest BCUT2D eigenvalue weighted by atomic mass is 32.2. The first-order valence-corrected chi connectivity index (χ1v) is 8.54. The van der Waals surface area contributed by atoms with E-state index >= 15 is 0 Å². The van der Waals surface area contributed by atoms with Crippen molar-refractivity contribution in [2.45, 2.75) is 17.7 Å². The maximum atomic E-state index is 13.1. The molecule has 0 bridgehead atoms. The zero-order valence-corrected chi connectivity index (χ0v) is 12.8. The average Bonchev–Trinajstić information content (AvgIpc) is 2.84. The summed E-state index contributed by atoms with van der Waals surface area (Å²) in [5.41, 5.74) is 0.696. The minimum atomic E-state index is -3.84. The molecule has 0 amide bonds. The van der Waals surface area contributed by atoms with Crippen LogP contribution in [0.5, 0.6) is 0 Å². The zero-order valence-electron chi connectivity index (χ0n) is 11.2. The van der Waals surface area contributed by atoms with Crippen LogP contribution >= 0.6 is 11.3 Å². The molecule has 0 aliphatic heterocycles. The molecule has 0 saturated carbocycles. The van der Waals surface area contributed by atoms with Crippen LogP contribution in [0.15, 0.2) is 33.9 Å². The van der Waals surface area contributed by atoms with Gasteiger partial charge in [-0.05, 0) is 35.7 Å². The standard InChI is InChI=1S/C13H14F2N2O2S2/c1-2-16-7-9-3-13(20-8-9)21(18,19)17-12-5-10(14)4-11(15)6-12/h3-6,8,16-17H,2,7H2,1H3. The second kappa shape index (κ2) is 6.50. The minimum absolute atomic E-state index is 0.0973. The van der Waals surface area contributed by atoms with E-state index in [0.717, 1.165) is 35.6 Å². The van der Waals surface area contributed by atoms with Crippen LogP contribution in [0.3, 0.4) is 0 Å². The summed E-state index contributed by atoms with van der Waals surface area (Å²) in [7, 11) is -3.84. The molecule has 2 rings (SSSR count). The Morgan fingerprint density at radius 3 is 2.43 bits per heavy atom. The Kier molecular flexibility index (Phi) is 4.92. The summed E-state index contributed by atoms with van der Waals surface area (Å²) in [6, 6.07) is 4.06. The Hall–Kier alpha value is -1.51. The van der Waals surface area contributed by atoms with E-state index < -0.39 is 21.7 Å². The fourth-order valence-electron chi connectivity index (χ4n) is 1.67. The van der Waals surface area contributed by atoms with Gasteiger partial charge in [-0.1, -0.05) is 6.92 Å². The van der Waals surface area contributed by atoms with Gasteiger partial charge in [0.15, 0.2) is 0 Å². The monoisotopic (exact) mass is 332 g/mol. The van der Waals surface area contributed by atoms with Crippen molar-refractivity contribution in [3.63, 3.8) is 0 Å². The number of sulfonamides is 1. The van der Waals surface area contributed by atoms with E-state index in [2.05, 4.69) is 10.0 Å². The second-order valence-electron chi connectivity index (χ2n) is 4.32. The predicted octanol–water partition coefficient (Wildman–Crippen LogP) is 2.94. The van der Waals surface area contributed by atoms with Crippen molar-refractivity contribution < 1.29 is 17.2 Å². The molecule has 114 valence electrons. The van der Waals surface area contributed by atoms with E-state index in [1.165, 1.54) is 6.07 Å². The van der Waals surface area contributed by atoms with Gasteiger partial charge >= 0.3 is 0 Å². The lowest BCUT2D eigenvalue weighted by Crippen LogP contribution is -2.13. The van der Waals surface area contributed by atoms with Gasteiger partial charge in [0.25, 0.3) is 10.0 Å². The number of nitrogens with one attached hydrogen (secondary N) is 2. The molecule has 0 radical (unpaired) electrons. The third kappa shape index (κ3) is 4.23. The van der Waals surface area contributed by atoms with Crippen molar-refractivity contribution in [1.29, 1.82) is 0 Å². The first-order chi connectivity index (χ1) is 9.90. The number of halogens is 2. The van der Waals surface area contributed by atoms with E-state index in [1.54, 1.807) is 5.38 Å². The molecule has 0 fully saturated rings. The highest BCUT2D eigenvalue weighted by Gasteiger charge is 2.17. The summed E-state index contributed by atoms with van der Waals surface area (Å²) in [4.78, 5) is 0. The predicted molar refractivity (Wildman–Crippen MR) is 78.9 cm³/mol. The van der Waals surface area contributed by atoms with Crippen molar-refractivity contribution in [2.75, 3.05) is 11.3 Å². The van der Waals surface area contributed by atoms with Gasteiger partial charge in [-0.3, -0.25) is 4.72 Å². The molecule has 1 aromatic carbocycles. The lowest BCUT2D eigenvalue weighted by Gasteiger charge is -2.06. The Morgan fingerprint density at radius 2 is 1.81 bits per heavy atom. The normalized spacial score (nSPS) is 11.6. The molecule has 8 heteroatoms. The van der Waals surface area contributed by atoms with Crippen LogP contribution in [0, 0.1) is 11.6 Å². The number of rotatable bonds is 6. The van der Waals surface area contributed by atoms with Gasteiger partial charge in [0.1, 0.15) is 15.8 Å². The van der Waals surface area contributed by atoms with Crippen molar-refractivity contribution >= 4 is 27.0 Å². The quantitative estimate of drug-likeness (QED) is 0.855. The molecule has 0 saturated heterocycles. The highest BCUT2D eigenvalue weighted by molar-refractivity contribution is 7.94. The number of hydrogen-bond donors (Lipinski definition) is 2. The zero-order chi connectivity index (χ0) is 15.5. The summed E-state index contributed by atoms with van der Waals surface area (Å²) in [6.07, 6.45) is 0. The Morgan fingerprint density at radius 1 is 1.14 bits per heavy atom. The number of anilines is 1. The summed E-state index contributed by atoms with van der Waals surface area (Å²) in [5.74, 6) is -1.68. The molecule has 4 nitrogen and oxygen atoms in total. The molecule has 0 aliphatic carbocycles. The lowest BCUT2D eigenvalue weighted by molar-refractivity contribution is 0.584. The lowest BCUT2D eigenvalue weighted by atomic mass is 10.3. The molecule has 0 aliphatic rings. The number of benzene rings is 1. The van der Waals surface area contributed by atoms with Crippen molar-refractivity contribution in [3.8, 4) is 0 Å². The van der Waals surface area contributed by atoms with E-state index in [-0.39, 0.29) is 9.90 Å². The molecule has 1 aromatic heterocycles. The Bertz CT molecular complexity index is 709. The van der Waals surface area contributed by atoms with Crippen LogP contribution in [-0.4, -0.2) is 15.0 Å². The van der Waals surface area contributed by atoms with Gasteiger partial charge < -0.3 is 5.32 Å². The summed E-state index contributed by atoms with van der Waals surface area (Å²) in [5, 5.41) is 4.81. The van der Waals surface area contributed by atoms with Gasteiger partial charge in [-0.25, -0.2) is 17.2 Å². The molecule has 21 heavy (non-hydrogen) atoms. The van der Waals surface area contributed by atoms with Crippen LogP contribution in [0.2, 0.25) is 0 Å². The van der Waals surface area contributed by atoms with Crippen LogP contribution in [-0.2, 0) is 16.6 Å². The highest BCUT2D eigenvalue weighted by Crippen LogP contribution is 2.24. The van der Waals surface area contributed by atoms with Crippen molar-refractivity contribution in [3.05, 3.63) is 46.8 Å². The van der Waals surface area contributed by atoms with Crippen LogP contribution in [0.25, 0.3) is 0 Å². The van der Waals surface area contributed by atoms with E-state index in [4.69, 9.17) is 0 Å². The largest absolute Gasteiger partial charge is 0.313 e. The topological polar surface area (TPSA) is 58.2 Å². The van der Waals surface area contributed by atoms with Crippen LogP contribution in [0.1, 0.15) is 12.5 Å². The fraction of sp³-hybridized carbons (Fsp3) is 0.231. The molecule has 0 atom stereocenters. The summed E-state index contributed by atoms with van der Waals surface area (Å²) < 4.78 is 52.7. The second-order valence-corrected chi connectivity index (χ2v) is 7.14. The average molecular weight is 332 g/mol. The fourth-order valence-corrected chi connectivity index (χ4v) is 3.92. The summed E-state index contributed by atoms with van der Waals surface area (Å²) >= 11 is 1.06. The van der Waals surface area contributed by atoms with Gasteiger partial charge in [0, 0.05) is 12.6 Å². The first kappa shape index (κ1) is 15.9. The van der Waals surface area contributed by atoms with Gasteiger partial charge in [-0.2, -0.15) is 0 Å². The van der Waals surface area contributed by atoms with E-state index in [1.807, 2.05) is 6.92 Å². The number of hydrogen-bond acceptors (Lipinski definition) is 4. The van der Waals surface area contributed by atoms with E-state index in [0.29, 0.717) is 12.6 Å². The van der Waals surface area contributed by atoms with E-state index in [9.17, 15) is 17.2 Å². The van der Waals surface area contributed by atoms with Gasteiger partial charge in [0.05, 0.1) is 5.69 Å². The molecule has 0 spiro atoms. The molecule has 2 N–H and O–H groups in total. The van der Waals surface area contributed by atoms with Crippen molar-refractivity contribution in [2.24, 2.45) is 0 Å². The molecule has 0 unspecified atom stereocenters. The smallest absolute Gasteiger partial charge is 0.271 e. The summed E-state index contributed by atoms with van der Waals surface area (Å²) in [6.45, 7) is 3.29. The van der Waals surface area contributed by atoms with Gasteiger partial charge in [-0.15, -0.1) is 11.3 Å². The maximum absolute atomic E-state index is 13.1. The van der Waals surface area contributed by atoms with Crippen LogP contribution < -0.4 is 10.0 Å². The minimum Gasteiger partial charge on any atom is -0.313 e. The molecular weight excluding hydrogens is 318 g/mol. The third-order valence-corrected chi connectivity index (χ3v) is 5.46.